The van der Waals surface area contributed by atoms with E-state index in [4.69, 9.17) is 4.74 Å². The summed E-state index contributed by atoms with van der Waals surface area (Å²) in [6, 6.07) is 4.88. The highest BCUT2D eigenvalue weighted by Gasteiger charge is 2.03. The minimum atomic E-state index is -0.250. The van der Waals surface area contributed by atoms with Crippen LogP contribution in [0.25, 0.3) is 0 Å². The zero-order valence-electron chi connectivity index (χ0n) is 6.10. The van der Waals surface area contributed by atoms with Crippen molar-refractivity contribution in [1.29, 1.82) is 0 Å². The van der Waals surface area contributed by atoms with Gasteiger partial charge in [-0.3, -0.25) is 0 Å². The van der Waals surface area contributed by atoms with E-state index < -0.39 is 0 Å². The van der Waals surface area contributed by atoms with Gasteiger partial charge in [0.15, 0.2) is 0 Å². The summed E-state index contributed by atoms with van der Waals surface area (Å²) in [7, 11) is 1.58. The summed E-state index contributed by atoms with van der Waals surface area (Å²) in [5, 5.41) is 0. The topological polar surface area (TPSA) is 9.23 Å². The van der Waals surface area contributed by atoms with Crippen LogP contribution in [-0.2, 0) is 11.3 Å². The molecule has 1 aromatic carbocycles. The highest BCUT2D eigenvalue weighted by Crippen LogP contribution is 2.20. The fraction of sp³-hybridized carbons (Fsp3) is 0.250. The van der Waals surface area contributed by atoms with Gasteiger partial charge in [-0.05, 0) is 27.6 Å². The first-order valence-electron chi connectivity index (χ1n) is 3.17. The van der Waals surface area contributed by atoms with Gasteiger partial charge in [0, 0.05) is 7.11 Å². The van der Waals surface area contributed by atoms with E-state index in [0.29, 0.717) is 11.1 Å². The number of hydrogen-bond donors (Lipinski definition) is 0. The summed E-state index contributed by atoms with van der Waals surface area (Å²) in [6.45, 7) is 0.429. The van der Waals surface area contributed by atoms with Gasteiger partial charge in [0.2, 0.25) is 0 Å². The lowest BCUT2D eigenvalue weighted by atomic mass is 10.2. The van der Waals surface area contributed by atoms with Crippen molar-refractivity contribution in [2.24, 2.45) is 0 Å². The van der Waals surface area contributed by atoms with Crippen molar-refractivity contribution < 1.29 is 9.13 Å². The minimum absolute atomic E-state index is 0.250. The SMILES string of the molecule is COCc1cccc(F)c1Br. The molecule has 3 heteroatoms. The van der Waals surface area contributed by atoms with Gasteiger partial charge in [-0.2, -0.15) is 0 Å². The van der Waals surface area contributed by atoms with Gasteiger partial charge in [0.25, 0.3) is 0 Å². The van der Waals surface area contributed by atoms with Crippen molar-refractivity contribution in [1.82, 2.24) is 0 Å². The first-order valence-corrected chi connectivity index (χ1v) is 3.97. The van der Waals surface area contributed by atoms with Gasteiger partial charge in [0.05, 0.1) is 11.1 Å². The lowest BCUT2D eigenvalue weighted by Crippen LogP contribution is -1.90. The lowest BCUT2D eigenvalue weighted by molar-refractivity contribution is 0.184. The molecule has 0 saturated carbocycles. The van der Waals surface area contributed by atoms with Crippen LogP contribution in [0.1, 0.15) is 5.56 Å². The molecule has 0 N–H and O–H groups in total. The summed E-state index contributed by atoms with van der Waals surface area (Å²) in [4.78, 5) is 0. The second-order valence-electron chi connectivity index (χ2n) is 2.15. The van der Waals surface area contributed by atoms with Crippen molar-refractivity contribution in [2.75, 3.05) is 7.11 Å². The number of halogens is 2. The molecule has 0 fully saturated rings. The molecule has 0 saturated heterocycles. The summed E-state index contributed by atoms with van der Waals surface area (Å²) < 4.78 is 18.2. The number of benzene rings is 1. The number of hydrogen-bond acceptors (Lipinski definition) is 1. The predicted octanol–water partition coefficient (Wildman–Crippen LogP) is 2.73. The molecule has 11 heavy (non-hydrogen) atoms. The maximum absolute atomic E-state index is 12.8. The van der Waals surface area contributed by atoms with Gasteiger partial charge in [-0.15, -0.1) is 0 Å². The molecule has 0 spiro atoms. The van der Waals surface area contributed by atoms with Gasteiger partial charge in [0.1, 0.15) is 5.82 Å². The molecule has 0 radical (unpaired) electrons. The van der Waals surface area contributed by atoms with E-state index in [1.54, 1.807) is 13.2 Å². The van der Waals surface area contributed by atoms with Crippen LogP contribution in [0.4, 0.5) is 4.39 Å². The Hall–Kier alpha value is -0.410. The molecule has 0 heterocycles. The van der Waals surface area contributed by atoms with Crippen LogP contribution < -0.4 is 0 Å². The molecule has 0 aliphatic carbocycles. The lowest BCUT2D eigenvalue weighted by Gasteiger charge is -2.02. The Kier molecular flexibility index (Phi) is 3.02. The van der Waals surface area contributed by atoms with E-state index in [9.17, 15) is 4.39 Å². The minimum Gasteiger partial charge on any atom is -0.380 e. The zero-order valence-corrected chi connectivity index (χ0v) is 7.69. The van der Waals surface area contributed by atoms with E-state index in [1.165, 1.54) is 6.07 Å². The molecule has 0 bridgehead atoms. The first-order chi connectivity index (χ1) is 5.25. The van der Waals surface area contributed by atoms with Crippen LogP contribution in [0.3, 0.4) is 0 Å². The largest absolute Gasteiger partial charge is 0.380 e. The molecule has 1 aromatic rings. The van der Waals surface area contributed by atoms with Gasteiger partial charge >= 0.3 is 0 Å². The monoisotopic (exact) mass is 218 g/mol. The molecule has 0 atom stereocenters. The Labute approximate surface area is 73.3 Å². The summed E-state index contributed by atoms with van der Waals surface area (Å²) in [6.07, 6.45) is 0. The standard InChI is InChI=1S/C8H8BrFO/c1-11-5-6-3-2-4-7(10)8(6)9/h2-4H,5H2,1H3. The summed E-state index contributed by atoms with van der Waals surface area (Å²) in [5.74, 6) is -0.250. The third-order valence-electron chi connectivity index (χ3n) is 1.33. The van der Waals surface area contributed by atoms with Crippen LogP contribution in [0.5, 0.6) is 0 Å². The molecule has 0 aliphatic rings. The Morgan fingerprint density at radius 2 is 2.27 bits per heavy atom. The maximum Gasteiger partial charge on any atom is 0.137 e. The van der Waals surface area contributed by atoms with E-state index in [1.807, 2.05) is 6.07 Å². The third-order valence-corrected chi connectivity index (χ3v) is 2.22. The Morgan fingerprint density at radius 1 is 1.55 bits per heavy atom. The van der Waals surface area contributed by atoms with Crippen LogP contribution >= 0.6 is 15.9 Å². The van der Waals surface area contributed by atoms with E-state index in [-0.39, 0.29) is 5.82 Å². The Morgan fingerprint density at radius 3 is 2.91 bits per heavy atom. The second-order valence-corrected chi connectivity index (χ2v) is 2.94. The average molecular weight is 219 g/mol. The highest BCUT2D eigenvalue weighted by atomic mass is 79.9. The molecule has 0 aliphatic heterocycles. The molecule has 0 aromatic heterocycles. The van der Waals surface area contributed by atoms with Gasteiger partial charge in [-0.25, -0.2) is 4.39 Å². The molecule has 1 nitrogen and oxygen atoms in total. The Bertz CT molecular complexity index is 250. The maximum atomic E-state index is 12.8. The number of methoxy groups -OCH3 is 1. The normalized spacial score (nSPS) is 10.1. The van der Waals surface area contributed by atoms with Crippen LogP contribution in [0.2, 0.25) is 0 Å². The van der Waals surface area contributed by atoms with Crippen LogP contribution in [-0.4, -0.2) is 7.11 Å². The van der Waals surface area contributed by atoms with E-state index in [0.717, 1.165) is 5.56 Å². The average Bonchev–Trinajstić information content (AvgIpc) is 1.99. The third kappa shape index (κ3) is 2.01. The van der Waals surface area contributed by atoms with Gasteiger partial charge in [-0.1, -0.05) is 12.1 Å². The Balaban J connectivity index is 2.96. The van der Waals surface area contributed by atoms with Gasteiger partial charge < -0.3 is 4.74 Å². The van der Waals surface area contributed by atoms with Crippen molar-refractivity contribution in [2.45, 2.75) is 6.61 Å². The number of rotatable bonds is 2. The second kappa shape index (κ2) is 3.83. The molecule has 0 unspecified atom stereocenters. The van der Waals surface area contributed by atoms with Crippen molar-refractivity contribution in [3.05, 3.63) is 34.1 Å². The molecule has 0 amide bonds. The van der Waals surface area contributed by atoms with Crippen LogP contribution in [0, 0.1) is 5.82 Å². The van der Waals surface area contributed by atoms with E-state index in [2.05, 4.69) is 15.9 Å². The fourth-order valence-electron chi connectivity index (χ4n) is 0.815. The summed E-state index contributed by atoms with van der Waals surface area (Å²) in [5.41, 5.74) is 0.826. The van der Waals surface area contributed by atoms with Crippen molar-refractivity contribution in [3.63, 3.8) is 0 Å². The van der Waals surface area contributed by atoms with Crippen LogP contribution in [0.15, 0.2) is 22.7 Å². The molecule has 60 valence electrons. The molecule has 1 rings (SSSR count). The first kappa shape index (κ1) is 8.68. The van der Waals surface area contributed by atoms with Crippen molar-refractivity contribution >= 4 is 15.9 Å². The predicted molar refractivity (Wildman–Crippen MR) is 44.8 cm³/mol. The zero-order chi connectivity index (χ0) is 8.27. The number of ether oxygens (including phenoxy) is 1. The quantitative estimate of drug-likeness (QED) is 0.742. The molecular weight excluding hydrogens is 211 g/mol. The smallest absolute Gasteiger partial charge is 0.137 e. The van der Waals surface area contributed by atoms with Crippen molar-refractivity contribution in [3.8, 4) is 0 Å². The molecular formula is C8H8BrFO. The summed E-state index contributed by atoms with van der Waals surface area (Å²) >= 11 is 3.13. The fourth-order valence-corrected chi connectivity index (χ4v) is 1.19. The highest BCUT2D eigenvalue weighted by molar-refractivity contribution is 9.10. The van der Waals surface area contributed by atoms with E-state index >= 15 is 0 Å².